The first kappa shape index (κ1) is 22.1. The van der Waals surface area contributed by atoms with Gasteiger partial charge in [-0.05, 0) is 30.3 Å². The highest BCUT2D eigenvalue weighted by molar-refractivity contribution is 6.04. The second-order valence-corrected chi connectivity index (χ2v) is 7.60. The molecule has 0 saturated carbocycles. The lowest BCUT2D eigenvalue weighted by Gasteiger charge is -2.31. The molecule has 0 aromatic heterocycles. The van der Waals surface area contributed by atoms with Gasteiger partial charge in [-0.25, -0.2) is 9.18 Å². The Kier molecular flexibility index (Phi) is 5.91. The van der Waals surface area contributed by atoms with Crippen LogP contribution in [0, 0.1) is 5.82 Å². The summed E-state index contributed by atoms with van der Waals surface area (Å²) in [5.41, 5.74) is 1.85. The summed E-state index contributed by atoms with van der Waals surface area (Å²) < 4.78 is 24.0. The SMILES string of the molecule is COc1cccc(C2NC(=O)N(C)C3=C2C(=O)N(CC(=O)Nc2ccc(F)cc2)C3)c1OC. The van der Waals surface area contributed by atoms with Crippen molar-refractivity contribution in [2.24, 2.45) is 0 Å². The number of carbonyl (C=O) groups is 3. The van der Waals surface area contributed by atoms with E-state index in [1.807, 2.05) is 0 Å². The number of ether oxygens (including phenoxy) is 2. The van der Waals surface area contributed by atoms with Crippen LogP contribution < -0.4 is 20.1 Å². The van der Waals surface area contributed by atoms with Crippen molar-refractivity contribution in [3.8, 4) is 11.5 Å². The van der Waals surface area contributed by atoms with Gasteiger partial charge in [0.15, 0.2) is 11.5 Å². The number of hydrogen-bond acceptors (Lipinski definition) is 5. The molecule has 33 heavy (non-hydrogen) atoms. The second kappa shape index (κ2) is 8.81. The number of para-hydroxylation sites is 1. The summed E-state index contributed by atoms with van der Waals surface area (Å²) in [6, 6.07) is 9.39. The van der Waals surface area contributed by atoms with Gasteiger partial charge in [0, 0.05) is 18.3 Å². The fourth-order valence-electron chi connectivity index (χ4n) is 4.03. The van der Waals surface area contributed by atoms with Gasteiger partial charge in [-0.15, -0.1) is 0 Å². The van der Waals surface area contributed by atoms with Crippen LogP contribution in [0.5, 0.6) is 11.5 Å². The molecule has 1 atom stereocenters. The fourth-order valence-corrected chi connectivity index (χ4v) is 4.03. The number of nitrogens with zero attached hydrogens (tertiary/aromatic N) is 2. The lowest BCUT2D eigenvalue weighted by molar-refractivity contribution is -0.130. The number of likely N-dealkylation sites (N-methyl/N-ethyl adjacent to an activating group) is 1. The molecule has 2 heterocycles. The van der Waals surface area contributed by atoms with Crippen molar-refractivity contribution < 1.29 is 28.2 Å². The maximum atomic E-state index is 13.4. The number of methoxy groups -OCH3 is 2. The summed E-state index contributed by atoms with van der Waals surface area (Å²) in [5.74, 6) is -0.361. The van der Waals surface area contributed by atoms with Gasteiger partial charge in [0.25, 0.3) is 5.91 Å². The Balaban J connectivity index is 1.60. The van der Waals surface area contributed by atoms with Gasteiger partial charge >= 0.3 is 6.03 Å². The lowest BCUT2D eigenvalue weighted by atomic mass is 9.94. The van der Waals surface area contributed by atoms with E-state index in [9.17, 15) is 18.8 Å². The van der Waals surface area contributed by atoms with Gasteiger partial charge in [-0.1, -0.05) is 12.1 Å². The topological polar surface area (TPSA) is 100 Å². The number of anilines is 1. The molecule has 4 amide bonds. The van der Waals surface area contributed by atoms with E-state index < -0.39 is 17.8 Å². The maximum absolute atomic E-state index is 13.4. The molecule has 2 aliphatic rings. The van der Waals surface area contributed by atoms with E-state index >= 15 is 0 Å². The van der Waals surface area contributed by atoms with Crippen LogP contribution >= 0.6 is 0 Å². The Labute approximate surface area is 189 Å². The van der Waals surface area contributed by atoms with Crippen LogP contribution in [0.3, 0.4) is 0 Å². The largest absolute Gasteiger partial charge is 0.493 e. The number of hydrogen-bond donors (Lipinski definition) is 2. The maximum Gasteiger partial charge on any atom is 0.322 e. The van der Waals surface area contributed by atoms with Crippen LogP contribution in [0.2, 0.25) is 0 Å². The molecular weight excluding hydrogens is 431 g/mol. The zero-order valence-corrected chi connectivity index (χ0v) is 18.3. The predicted octanol–water partition coefficient (Wildman–Crippen LogP) is 2.27. The number of urea groups is 1. The summed E-state index contributed by atoms with van der Waals surface area (Å²) in [5, 5.41) is 5.48. The Morgan fingerprint density at radius 1 is 1.15 bits per heavy atom. The molecule has 4 rings (SSSR count). The molecule has 0 fully saturated rings. The van der Waals surface area contributed by atoms with E-state index in [-0.39, 0.29) is 25.0 Å². The summed E-state index contributed by atoms with van der Waals surface area (Å²) in [6.07, 6.45) is 0. The van der Waals surface area contributed by atoms with Crippen molar-refractivity contribution in [2.45, 2.75) is 6.04 Å². The van der Waals surface area contributed by atoms with E-state index in [1.165, 1.54) is 48.3 Å². The van der Waals surface area contributed by atoms with E-state index in [2.05, 4.69) is 10.6 Å². The van der Waals surface area contributed by atoms with Crippen LogP contribution in [-0.4, -0.2) is 62.0 Å². The van der Waals surface area contributed by atoms with E-state index in [4.69, 9.17) is 9.47 Å². The highest BCUT2D eigenvalue weighted by Gasteiger charge is 2.44. The molecule has 9 nitrogen and oxygen atoms in total. The molecule has 2 aromatic carbocycles. The minimum Gasteiger partial charge on any atom is -0.493 e. The van der Waals surface area contributed by atoms with E-state index in [0.717, 1.165) is 0 Å². The highest BCUT2D eigenvalue weighted by atomic mass is 19.1. The van der Waals surface area contributed by atoms with Gasteiger partial charge in [0.2, 0.25) is 5.91 Å². The molecule has 0 bridgehead atoms. The quantitative estimate of drug-likeness (QED) is 0.698. The molecule has 1 unspecified atom stereocenters. The van der Waals surface area contributed by atoms with Gasteiger partial charge in [-0.2, -0.15) is 0 Å². The Hall–Kier alpha value is -4.08. The van der Waals surface area contributed by atoms with E-state index in [1.54, 1.807) is 25.2 Å². The number of halogens is 1. The van der Waals surface area contributed by atoms with Gasteiger partial charge in [0.1, 0.15) is 12.4 Å². The zero-order chi connectivity index (χ0) is 23.7. The molecule has 0 radical (unpaired) electrons. The lowest BCUT2D eigenvalue weighted by Crippen LogP contribution is -2.45. The molecular formula is C23H23FN4O5. The zero-order valence-electron chi connectivity index (χ0n) is 18.3. The monoisotopic (exact) mass is 454 g/mol. The summed E-state index contributed by atoms with van der Waals surface area (Å²) in [7, 11) is 4.55. The predicted molar refractivity (Wildman–Crippen MR) is 117 cm³/mol. The molecule has 2 aromatic rings. The second-order valence-electron chi connectivity index (χ2n) is 7.60. The summed E-state index contributed by atoms with van der Waals surface area (Å²) >= 11 is 0. The van der Waals surface area contributed by atoms with Crippen LogP contribution in [0.1, 0.15) is 11.6 Å². The number of benzene rings is 2. The van der Waals surface area contributed by atoms with Gasteiger partial charge in [-0.3, -0.25) is 14.5 Å². The summed E-state index contributed by atoms with van der Waals surface area (Å²) in [4.78, 5) is 41.3. The van der Waals surface area contributed by atoms with Crippen LogP contribution in [-0.2, 0) is 9.59 Å². The molecule has 0 spiro atoms. The average molecular weight is 454 g/mol. The molecule has 2 aliphatic heterocycles. The number of nitrogens with one attached hydrogen (secondary N) is 2. The standard InChI is InChI=1S/C23H23FN4O5/c1-27-16-11-28(12-18(29)25-14-9-7-13(24)8-10-14)22(30)19(16)20(26-23(27)31)15-5-4-6-17(32-2)21(15)33-3/h4-10,20H,11-12H2,1-3H3,(H,25,29)(H,26,31). The van der Waals surface area contributed by atoms with Crippen molar-refractivity contribution in [3.05, 3.63) is 65.1 Å². The van der Waals surface area contributed by atoms with Crippen LogP contribution in [0.25, 0.3) is 0 Å². The highest BCUT2D eigenvalue weighted by Crippen LogP contribution is 2.42. The Morgan fingerprint density at radius 2 is 1.88 bits per heavy atom. The average Bonchev–Trinajstić information content (AvgIpc) is 3.13. The minimum absolute atomic E-state index is 0.0949. The third-order valence-corrected chi connectivity index (χ3v) is 5.64. The number of amides is 4. The van der Waals surface area contributed by atoms with Gasteiger partial charge in [0.05, 0.1) is 38.1 Å². The van der Waals surface area contributed by atoms with E-state index in [0.29, 0.717) is 34.0 Å². The van der Waals surface area contributed by atoms with Crippen LogP contribution in [0.4, 0.5) is 14.9 Å². The third-order valence-electron chi connectivity index (χ3n) is 5.64. The summed E-state index contributed by atoms with van der Waals surface area (Å²) in [6.45, 7) is -0.134. The van der Waals surface area contributed by atoms with Crippen molar-refractivity contribution >= 4 is 23.5 Å². The molecule has 10 heteroatoms. The fraction of sp³-hybridized carbons (Fsp3) is 0.261. The first-order valence-electron chi connectivity index (χ1n) is 10.2. The van der Waals surface area contributed by atoms with Crippen molar-refractivity contribution in [1.29, 1.82) is 0 Å². The van der Waals surface area contributed by atoms with Crippen molar-refractivity contribution in [2.75, 3.05) is 39.7 Å². The first-order chi connectivity index (χ1) is 15.8. The molecule has 0 saturated heterocycles. The van der Waals surface area contributed by atoms with Crippen molar-refractivity contribution in [3.63, 3.8) is 0 Å². The number of carbonyl (C=O) groups excluding carboxylic acids is 3. The first-order valence-corrected chi connectivity index (χ1v) is 10.2. The molecule has 2 N–H and O–H groups in total. The third kappa shape index (κ3) is 4.07. The molecule has 0 aliphatic carbocycles. The minimum atomic E-state index is -0.772. The van der Waals surface area contributed by atoms with Crippen molar-refractivity contribution in [1.82, 2.24) is 15.1 Å². The van der Waals surface area contributed by atoms with Gasteiger partial charge < -0.3 is 25.0 Å². The van der Waals surface area contributed by atoms with Crippen LogP contribution in [0.15, 0.2) is 53.7 Å². The molecule has 172 valence electrons. The smallest absolute Gasteiger partial charge is 0.322 e. The Bertz CT molecular complexity index is 1150. The number of rotatable bonds is 6. The normalized spacial score (nSPS) is 17.6. The Morgan fingerprint density at radius 3 is 2.55 bits per heavy atom.